The number of hydrogen-bond acceptors (Lipinski definition) is 5. The predicted octanol–water partition coefficient (Wildman–Crippen LogP) is 0.488. The Morgan fingerprint density at radius 2 is 2.25 bits per heavy atom. The molecular weight excluding hydrogens is 230 g/mol. The summed E-state index contributed by atoms with van der Waals surface area (Å²) in [6, 6.07) is 0. The van der Waals surface area contributed by atoms with E-state index in [2.05, 4.69) is 0 Å². The lowest BCUT2D eigenvalue weighted by molar-refractivity contribution is -0.138. The van der Waals surface area contributed by atoms with Crippen LogP contribution >= 0.6 is 11.8 Å². The number of carbonyl (C=O) groups is 2. The average molecular weight is 247 g/mol. The minimum Gasteiger partial charge on any atom is -0.359 e. The van der Waals surface area contributed by atoms with Gasteiger partial charge in [-0.3, -0.25) is 14.5 Å². The third-order valence-electron chi connectivity index (χ3n) is 2.36. The molecule has 1 rings (SSSR count). The van der Waals surface area contributed by atoms with E-state index in [4.69, 9.17) is 9.47 Å². The second-order valence-corrected chi connectivity index (χ2v) is 4.52. The molecule has 1 aliphatic rings. The van der Waals surface area contributed by atoms with Crippen LogP contribution in [-0.4, -0.2) is 55.3 Å². The highest BCUT2D eigenvalue weighted by Gasteiger charge is 2.37. The van der Waals surface area contributed by atoms with Crippen molar-refractivity contribution in [2.24, 2.45) is 0 Å². The maximum Gasteiger partial charge on any atom is 0.242 e. The molecule has 0 radical (unpaired) electrons. The summed E-state index contributed by atoms with van der Waals surface area (Å²) in [7, 11) is 1.55. The molecule has 0 saturated carbocycles. The molecule has 1 fully saturated rings. The quantitative estimate of drug-likeness (QED) is 0.372. The van der Waals surface area contributed by atoms with E-state index in [-0.39, 0.29) is 23.9 Å². The number of hydrogen-bond donors (Lipinski definition) is 0. The molecule has 2 amide bonds. The van der Waals surface area contributed by atoms with E-state index in [1.807, 2.05) is 6.26 Å². The van der Waals surface area contributed by atoms with Crippen LogP contribution in [0.25, 0.3) is 0 Å². The number of carbonyl (C=O) groups excluding carboxylic acids is 2. The molecule has 92 valence electrons. The molecule has 6 heteroatoms. The van der Waals surface area contributed by atoms with Crippen molar-refractivity contribution in [2.75, 3.05) is 33.3 Å². The number of nitrogens with zero attached hydrogens (tertiary/aromatic N) is 1. The zero-order chi connectivity index (χ0) is 12.0. The summed E-state index contributed by atoms with van der Waals surface area (Å²) in [5.74, 6) is -0.139. The standard InChI is InChI=1S/C10H17NO4S/c1-14-7-15-5-3-4-11-9(12)6-8(16-2)10(11)13/h8H,3-7H2,1-2H3. The Hall–Kier alpha value is -0.590. The van der Waals surface area contributed by atoms with Gasteiger partial charge in [0.2, 0.25) is 11.8 Å². The number of methoxy groups -OCH3 is 1. The minimum absolute atomic E-state index is 0.0655. The third-order valence-corrected chi connectivity index (χ3v) is 3.30. The Balaban J connectivity index is 2.26. The second kappa shape index (κ2) is 6.88. The van der Waals surface area contributed by atoms with Crippen LogP contribution < -0.4 is 0 Å². The molecule has 5 nitrogen and oxygen atoms in total. The van der Waals surface area contributed by atoms with Gasteiger partial charge >= 0.3 is 0 Å². The minimum atomic E-state index is -0.188. The zero-order valence-electron chi connectivity index (χ0n) is 9.60. The van der Waals surface area contributed by atoms with Gasteiger partial charge in [-0.1, -0.05) is 0 Å². The first-order valence-electron chi connectivity index (χ1n) is 5.14. The highest BCUT2D eigenvalue weighted by molar-refractivity contribution is 8.00. The van der Waals surface area contributed by atoms with E-state index < -0.39 is 0 Å². The summed E-state index contributed by atoms with van der Waals surface area (Å²) in [5, 5.41) is -0.188. The number of likely N-dealkylation sites (tertiary alicyclic amines) is 1. The molecule has 16 heavy (non-hydrogen) atoms. The van der Waals surface area contributed by atoms with Crippen LogP contribution in [-0.2, 0) is 19.1 Å². The first-order valence-corrected chi connectivity index (χ1v) is 6.43. The average Bonchev–Trinajstić information content (AvgIpc) is 2.55. The number of ether oxygens (including phenoxy) is 2. The van der Waals surface area contributed by atoms with Crippen molar-refractivity contribution in [1.29, 1.82) is 0 Å². The van der Waals surface area contributed by atoms with Gasteiger partial charge in [-0.2, -0.15) is 11.8 Å². The van der Waals surface area contributed by atoms with E-state index in [1.165, 1.54) is 16.7 Å². The fourth-order valence-corrected chi connectivity index (χ4v) is 2.18. The predicted molar refractivity (Wildman–Crippen MR) is 61.1 cm³/mol. The van der Waals surface area contributed by atoms with E-state index in [0.717, 1.165) is 0 Å². The number of thioether (sulfide) groups is 1. The van der Waals surface area contributed by atoms with Gasteiger partial charge in [0, 0.05) is 20.1 Å². The van der Waals surface area contributed by atoms with E-state index >= 15 is 0 Å². The Morgan fingerprint density at radius 1 is 1.50 bits per heavy atom. The molecule has 0 N–H and O–H groups in total. The normalized spacial score (nSPS) is 20.9. The molecule has 0 aromatic rings. The van der Waals surface area contributed by atoms with E-state index in [1.54, 1.807) is 7.11 Å². The molecule has 0 aromatic heterocycles. The van der Waals surface area contributed by atoms with Gasteiger partial charge < -0.3 is 9.47 Å². The molecule has 1 saturated heterocycles. The van der Waals surface area contributed by atoms with Crippen LogP contribution in [0.2, 0.25) is 0 Å². The van der Waals surface area contributed by atoms with Crippen molar-refractivity contribution in [3.63, 3.8) is 0 Å². The molecular formula is C10H17NO4S. The van der Waals surface area contributed by atoms with Crippen molar-refractivity contribution in [1.82, 2.24) is 4.90 Å². The van der Waals surface area contributed by atoms with Crippen molar-refractivity contribution in [3.8, 4) is 0 Å². The largest absolute Gasteiger partial charge is 0.359 e. The summed E-state index contributed by atoms with van der Waals surface area (Å²) in [6.07, 6.45) is 2.84. The van der Waals surface area contributed by atoms with Gasteiger partial charge in [0.25, 0.3) is 0 Å². The van der Waals surface area contributed by atoms with Crippen LogP contribution in [0, 0.1) is 0 Å². The molecule has 0 bridgehead atoms. The van der Waals surface area contributed by atoms with Crippen molar-refractivity contribution in [2.45, 2.75) is 18.1 Å². The summed E-state index contributed by atoms with van der Waals surface area (Å²) >= 11 is 1.43. The fraction of sp³-hybridized carbons (Fsp3) is 0.800. The summed E-state index contributed by atoms with van der Waals surface area (Å²) < 4.78 is 9.81. The number of rotatable bonds is 7. The van der Waals surface area contributed by atoms with Gasteiger partial charge in [0.05, 0.1) is 11.9 Å². The van der Waals surface area contributed by atoms with Gasteiger partial charge in [-0.15, -0.1) is 0 Å². The maximum absolute atomic E-state index is 11.7. The molecule has 0 aliphatic carbocycles. The highest BCUT2D eigenvalue weighted by Crippen LogP contribution is 2.22. The van der Waals surface area contributed by atoms with Crippen LogP contribution in [0.4, 0.5) is 0 Å². The Labute approximate surface area is 99.5 Å². The number of amides is 2. The first-order chi connectivity index (χ1) is 7.70. The molecule has 1 aliphatic heterocycles. The smallest absolute Gasteiger partial charge is 0.242 e. The van der Waals surface area contributed by atoms with Crippen LogP contribution in [0.3, 0.4) is 0 Å². The topological polar surface area (TPSA) is 55.8 Å². The lowest BCUT2D eigenvalue weighted by Crippen LogP contribution is -2.32. The Morgan fingerprint density at radius 3 is 2.81 bits per heavy atom. The fourth-order valence-electron chi connectivity index (χ4n) is 1.54. The highest BCUT2D eigenvalue weighted by atomic mass is 32.2. The zero-order valence-corrected chi connectivity index (χ0v) is 10.4. The number of imide groups is 1. The molecule has 1 unspecified atom stereocenters. The van der Waals surface area contributed by atoms with Crippen molar-refractivity contribution >= 4 is 23.6 Å². The van der Waals surface area contributed by atoms with Gasteiger partial charge in [-0.25, -0.2) is 0 Å². The second-order valence-electron chi connectivity index (χ2n) is 3.48. The monoisotopic (exact) mass is 247 g/mol. The van der Waals surface area contributed by atoms with Crippen LogP contribution in [0.1, 0.15) is 12.8 Å². The van der Waals surface area contributed by atoms with Crippen molar-refractivity contribution < 1.29 is 19.1 Å². The summed E-state index contributed by atoms with van der Waals surface area (Å²) in [5.41, 5.74) is 0. The lowest BCUT2D eigenvalue weighted by Gasteiger charge is -2.14. The van der Waals surface area contributed by atoms with E-state index in [9.17, 15) is 9.59 Å². The summed E-state index contributed by atoms with van der Waals surface area (Å²) in [4.78, 5) is 24.5. The van der Waals surface area contributed by atoms with Gasteiger partial charge in [-0.05, 0) is 12.7 Å². The first kappa shape index (κ1) is 13.5. The lowest BCUT2D eigenvalue weighted by atomic mass is 10.4. The van der Waals surface area contributed by atoms with Crippen LogP contribution in [0.5, 0.6) is 0 Å². The third kappa shape index (κ3) is 3.47. The van der Waals surface area contributed by atoms with Crippen LogP contribution in [0.15, 0.2) is 0 Å². The van der Waals surface area contributed by atoms with Crippen molar-refractivity contribution in [3.05, 3.63) is 0 Å². The van der Waals surface area contributed by atoms with E-state index in [0.29, 0.717) is 26.0 Å². The molecule has 0 aromatic carbocycles. The maximum atomic E-state index is 11.7. The van der Waals surface area contributed by atoms with Gasteiger partial charge in [0.15, 0.2) is 0 Å². The molecule has 1 atom stereocenters. The SMILES string of the molecule is COCOCCCN1C(=O)CC(SC)C1=O. The Kier molecular flexibility index (Phi) is 5.79. The molecule has 0 spiro atoms. The molecule has 1 heterocycles. The summed E-state index contributed by atoms with van der Waals surface area (Å²) in [6.45, 7) is 1.18. The Bertz CT molecular complexity index is 259. The van der Waals surface area contributed by atoms with Gasteiger partial charge in [0.1, 0.15) is 6.79 Å².